The lowest BCUT2D eigenvalue weighted by molar-refractivity contribution is 0.0171. The minimum Gasteiger partial charge on any atom is -0.478 e. The summed E-state index contributed by atoms with van der Waals surface area (Å²) in [4.78, 5) is 22.4. The zero-order valence-corrected chi connectivity index (χ0v) is 24.6. The molecule has 0 aromatic heterocycles. The van der Waals surface area contributed by atoms with Crippen molar-refractivity contribution in [1.29, 1.82) is 0 Å². The summed E-state index contributed by atoms with van der Waals surface area (Å²) in [6.07, 6.45) is 0.767. The van der Waals surface area contributed by atoms with Crippen LogP contribution in [-0.4, -0.2) is 71.0 Å². The highest BCUT2D eigenvalue weighted by atomic mass is 35.5. The molecule has 0 aliphatic heterocycles. The van der Waals surface area contributed by atoms with Gasteiger partial charge < -0.3 is 43.0 Å². The molecular weight excluding hydrogens is 548 g/mol. The van der Waals surface area contributed by atoms with Crippen LogP contribution in [0.5, 0.6) is 23.0 Å². The van der Waals surface area contributed by atoms with E-state index in [1.54, 1.807) is 19.1 Å². The highest BCUT2D eigenvalue weighted by Crippen LogP contribution is 2.37. The number of hydrogen-bond acceptors (Lipinski definition) is 10. The molecule has 12 heteroatoms. The second-order valence-corrected chi connectivity index (χ2v) is 8.16. The van der Waals surface area contributed by atoms with Crippen molar-refractivity contribution in [3.05, 3.63) is 45.5 Å². The van der Waals surface area contributed by atoms with E-state index in [0.717, 1.165) is 11.8 Å². The van der Waals surface area contributed by atoms with Crippen LogP contribution in [0.2, 0.25) is 5.02 Å². The Morgan fingerprint density at radius 1 is 0.750 bits per heavy atom. The molecule has 0 saturated carbocycles. The Hall–Kier alpha value is -3.09. The van der Waals surface area contributed by atoms with Gasteiger partial charge in [0.1, 0.15) is 28.6 Å². The molecular formula is C28H39ClO11. The molecule has 0 bridgehead atoms. The second-order valence-electron chi connectivity index (χ2n) is 7.78. The maximum absolute atomic E-state index is 11.4. The van der Waals surface area contributed by atoms with E-state index in [1.807, 2.05) is 34.6 Å². The van der Waals surface area contributed by atoms with Gasteiger partial charge in [-0.1, -0.05) is 11.6 Å². The number of rotatable bonds is 18. The Morgan fingerprint density at radius 3 is 1.70 bits per heavy atom. The second kappa shape index (κ2) is 19.9. The molecule has 2 aromatic carbocycles. The number of carbonyl (C=O) groups is 2. The standard InChI is InChI=1S/C14H19ClO6.C14H20O5/c1-4-18-7-20-10-6-11(21-8-19-5-2)13(15)9(3)12(10)14(16)17;1-4-16-9-18-12-6-11(3)13(8-15)14(7-12)19-10-17-5-2/h6H,4-5,7-8H2,1-3H3,(H,16,17);6-8H,4-5,9-10H2,1-3H3. The van der Waals surface area contributed by atoms with Crippen molar-refractivity contribution >= 4 is 23.9 Å². The smallest absolute Gasteiger partial charge is 0.339 e. The van der Waals surface area contributed by atoms with Crippen molar-refractivity contribution in [3.8, 4) is 23.0 Å². The molecule has 0 heterocycles. The molecule has 40 heavy (non-hydrogen) atoms. The first-order valence-corrected chi connectivity index (χ1v) is 13.1. The Morgan fingerprint density at radius 2 is 1.23 bits per heavy atom. The molecule has 0 saturated heterocycles. The predicted octanol–water partition coefficient (Wildman–Crippen LogP) is 5.65. The number of benzene rings is 2. The molecule has 0 radical (unpaired) electrons. The summed E-state index contributed by atoms with van der Waals surface area (Å²) < 4.78 is 41.9. The summed E-state index contributed by atoms with van der Waals surface area (Å²) in [6.45, 7) is 13.2. The summed E-state index contributed by atoms with van der Waals surface area (Å²) in [6, 6.07) is 4.86. The number of aromatic carboxylic acids is 1. The molecule has 2 aromatic rings. The van der Waals surface area contributed by atoms with Crippen LogP contribution in [0.3, 0.4) is 0 Å². The molecule has 0 spiro atoms. The molecule has 1 N–H and O–H groups in total. The van der Waals surface area contributed by atoms with Gasteiger partial charge in [-0.05, 0) is 58.7 Å². The number of ether oxygens (including phenoxy) is 8. The van der Waals surface area contributed by atoms with Crippen molar-refractivity contribution in [2.75, 3.05) is 53.6 Å². The monoisotopic (exact) mass is 586 g/mol. The fourth-order valence-corrected chi connectivity index (χ4v) is 3.27. The predicted molar refractivity (Wildman–Crippen MR) is 148 cm³/mol. The quantitative estimate of drug-likeness (QED) is 0.132. The fraction of sp³-hybridized carbons (Fsp3) is 0.500. The molecule has 0 atom stereocenters. The first-order valence-electron chi connectivity index (χ1n) is 12.7. The largest absolute Gasteiger partial charge is 0.478 e. The Kier molecular flexibility index (Phi) is 17.4. The number of hydrogen-bond donors (Lipinski definition) is 1. The van der Waals surface area contributed by atoms with E-state index < -0.39 is 5.97 Å². The Balaban J connectivity index is 0.000000402. The van der Waals surface area contributed by atoms with Crippen molar-refractivity contribution in [2.45, 2.75) is 41.5 Å². The average molecular weight is 587 g/mol. The van der Waals surface area contributed by atoms with E-state index in [1.165, 1.54) is 6.07 Å². The van der Waals surface area contributed by atoms with Crippen molar-refractivity contribution < 1.29 is 52.6 Å². The van der Waals surface area contributed by atoms with Crippen LogP contribution < -0.4 is 18.9 Å². The van der Waals surface area contributed by atoms with Gasteiger partial charge in [-0.2, -0.15) is 0 Å². The summed E-state index contributed by atoms with van der Waals surface area (Å²) in [5, 5.41) is 9.51. The average Bonchev–Trinajstić information content (AvgIpc) is 2.92. The normalized spacial score (nSPS) is 10.4. The molecule has 224 valence electrons. The van der Waals surface area contributed by atoms with Crippen LogP contribution in [0.15, 0.2) is 18.2 Å². The van der Waals surface area contributed by atoms with E-state index in [4.69, 9.17) is 49.5 Å². The lowest BCUT2D eigenvalue weighted by Crippen LogP contribution is -2.10. The van der Waals surface area contributed by atoms with Crippen LogP contribution in [0.25, 0.3) is 0 Å². The van der Waals surface area contributed by atoms with E-state index in [2.05, 4.69) is 0 Å². The van der Waals surface area contributed by atoms with Gasteiger partial charge in [0.15, 0.2) is 33.5 Å². The van der Waals surface area contributed by atoms with E-state index >= 15 is 0 Å². The van der Waals surface area contributed by atoms with Crippen molar-refractivity contribution in [2.24, 2.45) is 0 Å². The van der Waals surface area contributed by atoms with Crippen LogP contribution in [0.4, 0.5) is 0 Å². The maximum atomic E-state index is 11.4. The molecule has 0 amide bonds. The highest BCUT2D eigenvalue weighted by Gasteiger charge is 2.21. The number of carbonyl (C=O) groups excluding carboxylic acids is 1. The summed E-state index contributed by atoms with van der Waals surface area (Å²) in [5.41, 5.74) is 1.65. The fourth-order valence-electron chi connectivity index (χ4n) is 3.06. The first-order chi connectivity index (χ1) is 19.2. The number of halogens is 1. The molecule has 0 unspecified atom stereocenters. The zero-order valence-electron chi connectivity index (χ0n) is 23.9. The summed E-state index contributed by atoms with van der Waals surface area (Å²) >= 11 is 6.12. The van der Waals surface area contributed by atoms with Gasteiger partial charge in [-0.3, -0.25) is 4.79 Å². The molecule has 0 aliphatic rings. The highest BCUT2D eigenvalue weighted by molar-refractivity contribution is 6.33. The lowest BCUT2D eigenvalue weighted by Gasteiger charge is -2.16. The minimum atomic E-state index is -1.13. The minimum absolute atomic E-state index is 0.0107. The van der Waals surface area contributed by atoms with Gasteiger partial charge in [0.05, 0.1) is 10.6 Å². The molecule has 0 aliphatic carbocycles. The third-order valence-corrected chi connectivity index (χ3v) is 5.57. The number of carboxylic acid groups (broad SMARTS) is 1. The Labute approximate surface area is 240 Å². The number of aryl methyl sites for hydroxylation is 1. The van der Waals surface area contributed by atoms with Crippen LogP contribution >= 0.6 is 11.6 Å². The van der Waals surface area contributed by atoms with E-state index in [9.17, 15) is 14.7 Å². The van der Waals surface area contributed by atoms with Crippen molar-refractivity contribution in [1.82, 2.24) is 0 Å². The van der Waals surface area contributed by atoms with Gasteiger partial charge in [0, 0.05) is 38.6 Å². The van der Waals surface area contributed by atoms with E-state index in [0.29, 0.717) is 54.8 Å². The molecule has 0 fully saturated rings. The van der Waals surface area contributed by atoms with Gasteiger partial charge >= 0.3 is 5.97 Å². The van der Waals surface area contributed by atoms with E-state index in [-0.39, 0.29) is 43.5 Å². The lowest BCUT2D eigenvalue weighted by atomic mass is 10.1. The zero-order chi connectivity index (χ0) is 29.9. The van der Waals surface area contributed by atoms with Gasteiger partial charge in [0.2, 0.25) is 0 Å². The van der Waals surface area contributed by atoms with Crippen LogP contribution in [0, 0.1) is 13.8 Å². The van der Waals surface area contributed by atoms with Crippen LogP contribution in [-0.2, 0) is 18.9 Å². The van der Waals surface area contributed by atoms with Crippen LogP contribution in [0.1, 0.15) is 59.5 Å². The number of carboxylic acids is 1. The number of aldehydes is 1. The van der Waals surface area contributed by atoms with Gasteiger partial charge in [0.25, 0.3) is 0 Å². The SMILES string of the molecule is CCOCOc1cc(C)c(C=O)c(OCOCC)c1.CCOCOc1cc(OCOCC)c(C(=O)O)c(C)c1Cl. The third kappa shape index (κ3) is 11.6. The molecule has 11 nitrogen and oxygen atoms in total. The molecule has 2 rings (SSSR count). The third-order valence-electron chi connectivity index (χ3n) is 5.10. The summed E-state index contributed by atoms with van der Waals surface area (Å²) in [7, 11) is 0. The van der Waals surface area contributed by atoms with Gasteiger partial charge in [-0.25, -0.2) is 4.79 Å². The topological polar surface area (TPSA) is 128 Å². The Bertz CT molecular complexity index is 1060. The maximum Gasteiger partial charge on any atom is 0.339 e. The van der Waals surface area contributed by atoms with Gasteiger partial charge in [-0.15, -0.1) is 0 Å². The first kappa shape index (κ1) is 34.9. The summed E-state index contributed by atoms with van der Waals surface area (Å²) in [5.74, 6) is 0.374. The van der Waals surface area contributed by atoms with Crippen molar-refractivity contribution in [3.63, 3.8) is 0 Å².